The van der Waals surface area contributed by atoms with Crippen LogP contribution in [-0.4, -0.2) is 22.0 Å². The van der Waals surface area contributed by atoms with E-state index in [2.05, 4.69) is 56.0 Å². The van der Waals surface area contributed by atoms with E-state index in [-0.39, 0.29) is 11.8 Å². The Labute approximate surface area is 157 Å². The van der Waals surface area contributed by atoms with E-state index in [9.17, 15) is 4.79 Å². The van der Waals surface area contributed by atoms with Gasteiger partial charge in [0.1, 0.15) is 5.82 Å². The summed E-state index contributed by atoms with van der Waals surface area (Å²) in [5.41, 5.74) is 3.64. The van der Waals surface area contributed by atoms with Gasteiger partial charge in [0, 0.05) is 30.5 Å². The fraction of sp³-hybridized carbons (Fsp3) is 0.333. The van der Waals surface area contributed by atoms with Crippen LogP contribution in [0, 0.1) is 5.92 Å². The van der Waals surface area contributed by atoms with Gasteiger partial charge in [0.2, 0.25) is 5.91 Å². The highest BCUT2D eigenvalue weighted by atomic mass is 32.1. The maximum atomic E-state index is 12.6. The van der Waals surface area contributed by atoms with Crippen LogP contribution < -0.4 is 5.32 Å². The van der Waals surface area contributed by atoms with E-state index >= 15 is 0 Å². The molecule has 1 N–H and O–H groups in total. The molecule has 0 saturated heterocycles. The molecule has 1 aromatic carbocycles. The van der Waals surface area contributed by atoms with Crippen LogP contribution in [-0.2, 0) is 24.2 Å². The lowest BCUT2D eigenvalue weighted by atomic mass is 9.98. The van der Waals surface area contributed by atoms with E-state index in [1.54, 1.807) is 11.3 Å². The van der Waals surface area contributed by atoms with Gasteiger partial charge in [-0.25, -0.2) is 4.98 Å². The summed E-state index contributed by atoms with van der Waals surface area (Å²) < 4.78 is 2.22. The minimum Gasteiger partial charge on any atom is -0.356 e. The van der Waals surface area contributed by atoms with E-state index in [4.69, 9.17) is 0 Å². The van der Waals surface area contributed by atoms with E-state index in [0.717, 1.165) is 50.3 Å². The van der Waals surface area contributed by atoms with Crippen LogP contribution in [0.25, 0.3) is 11.3 Å². The maximum Gasteiger partial charge on any atom is 0.224 e. The molecule has 26 heavy (non-hydrogen) atoms. The van der Waals surface area contributed by atoms with Crippen molar-refractivity contribution in [1.29, 1.82) is 0 Å². The zero-order chi connectivity index (χ0) is 17.8. The second kappa shape index (κ2) is 7.87. The second-order valence-corrected chi connectivity index (χ2v) is 7.58. The molecule has 3 aromatic rings. The number of rotatable bonds is 6. The van der Waals surface area contributed by atoms with Crippen molar-refractivity contribution in [2.24, 2.45) is 5.92 Å². The van der Waals surface area contributed by atoms with Crippen molar-refractivity contribution >= 4 is 17.2 Å². The molecule has 1 amide bonds. The second-order valence-electron chi connectivity index (χ2n) is 6.80. The van der Waals surface area contributed by atoms with Crippen molar-refractivity contribution in [3.8, 4) is 11.3 Å². The van der Waals surface area contributed by atoms with Crippen molar-refractivity contribution in [2.75, 3.05) is 6.54 Å². The molecule has 1 unspecified atom stereocenters. The van der Waals surface area contributed by atoms with Gasteiger partial charge in [-0.15, -0.1) is 0 Å². The van der Waals surface area contributed by atoms with Crippen LogP contribution in [0.5, 0.6) is 0 Å². The molecule has 5 heteroatoms. The number of hydrogen-bond acceptors (Lipinski definition) is 3. The molecule has 0 aliphatic carbocycles. The molecule has 0 radical (unpaired) electrons. The summed E-state index contributed by atoms with van der Waals surface area (Å²) in [6.45, 7) is 1.46. The Morgan fingerprint density at radius 1 is 1.27 bits per heavy atom. The van der Waals surface area contributed by atoms with Gasteiger partial charge in [-0.2, -0.15) is 11.3 Å². The lowest BCUT2D eigenvalue weighted by Gasteiger charge is -2.24. The van der Waals surface area contributed by atoms with Crippen molar-refractivity contribution in [2.45, 2.75) is 32.2 Å². The topological polar surface area (TPSA) is 46.9 Å². The van der Waals surface area contributed by atoms with Crippen LogP contribution >= 0.6 is 11.3 Å². The first-order valence-electron chi connectivity index (χ1n) is 9.20. The molecular formula is C21H23N3OS. The van der Waals surface area contributed by atoms with E-state index < -0.39 is 0 Å². The average Bonchev–Trinajstić information content (AvgIpc) is 3.34. The Bertz CT molecular complexity index is 855. The van der Waals surface area contributed by atoms with E-state index in [1.165, 1.54) is 11.1 Å². The third-order valence-electron chi connectivity index (χ3n) is 5.03. The highest BCUT2D eigenvalue weighted by molar-refractivity contribution is 7.08. The van der Waals surface area contributed by atoms with Crippen LogP contribution in [0.2, 0.25) is 0 Å². The third kappa shape index (κ3) is 3.73. The summed E-state index contributed by atoms with van der Waals surface area (Å²) in [5.74, 6) is 1.30. The number of imidazole rings is 1. The molecule has 0 bridgehead atoms. The molecule has 2 aromatic heterocycles. The molecule has 1 atom stereocenters. The first-order chi connectivity index (χ1) is 12.8. The van der Waals surface area contributed by atoms with Crippen molar-refractivity contribution < 1.29 is 4.79 Å². The quantitative estimate of drug-likeness (QED) is 0.673. The van der Waals surface area contributed by atoms with Crippen molar-refractivity contribution in [3.05, 3.63) is 64.7 Å². The van der Waals surface area contributed by atoms with Crippen molar-refractivity contribution in [3.63, 3.8) is 0 Å². The van der Waals surface area contributed by atoms with Gasteiger partial charge in [-0.3, -0.25) is 4.79 Å². The lowest BCUT2D eigenvalue weighted by Crippen LogP contribution is -2.36. The Morgan fingerprint density at radius 3 is 2.96 bits per heavy atom. The molecule has 0 spiro atoms. The highest BCUT2D eigenvalue weighted by Crippen LogP contribution is 2.28. The summed E-state index contributed by atoms with van der Waals surface area (Å²) in [7, 11) is 0. The van der Waals surface area contributed by atoms with E-state index in [0.29, 0.717) is 0 Å². The molecule has 3 heterocycles. The number of aryl methyl sites for hydroxylation is 2. The number of amides is 1. The van der Waals surface area contributed by atoms with Gasteiger partial charge in [0.15, 0.2) is 0 Å². The third-order valence-corrected chi connectivity index (χ3v) is 5.71. The normalized spacial score (nSPS) is 16.2. The van der Waals surface area contributed by atoms with Gasteiger partial charge < -0.3 is 9.88 Å². The molecule has 134 valence electrons. The monoisotopic (exact) mass is 365 g/mol. The molecular weight excluding hydrogens is 342 g/mol. The zero-order valence-electron chi connectivity index (χ0n) is 14.7. The molecule has 1 aliphatic heterocycles. The molecule has 0 saturated carbocycles. The lowest BCUT2D eigenvalue weighted by molar-refractivity contribution is -0.125. The molecule has 4 rings (SSSR count). The largest absolute Gasteiger partial charge is 0.356 e. The van der Waals surface area contributed by atoms with Crippen LogP contribution in [0.4, 0.5) is 0 Å². The predicted molar refractivity (Wildman–Crippen MR) is 105 cm³/mol. The highest BCUT2D eigenvalue weighted by Gasteiger charge is 2.27. The summed E-state index contributed by atoms with van der Waals surface area (Å²) in [6, 6.07) is 12.5. The van der Waals surface area contributed by atoms with Crippen LogP contribution in [0.15, 0.2) is 53.4 Å². The average molecular weight is 366 g/mol. The Kier molecular flexibility index (Phi) is 5.16. The number of carbonyl (C=O) groups is 1. The van der Waals surface area contributed by atoms with Crippen molar-refractivity contribution in [1.82, 2.24) is 14.9 Å². The van der Waals surface area contributed by atoms with Gasteiger partial charge in [-0.1, -0.05) is 30.3 Å². The number of fused-ring (bicyclic) bond motifs is 1. The van der Waals surface area contributed by atoms with Gasteiger partial charge >= 0.3 is 0 Å². The van der Waals surface area contributed by atoms with Gasteiger partial charge in [0.05, 0.1) is 17.8 Å². The number of aromatic nitrogens is 2. The fourth-order valence-electron chi connectivity index (χ4n) is 3.58. The minimum absolute atomic E-state index is 0.0332. The smallest absolute Gasteiger partial charge is 0.224 e. The Morgan fingerprint density at radius 2 is 2.15 bits per heavy atom. The first kappa shape index (κ1) is 17.0. The van der Waals surface area contributed by atoms with Crippen LogP contribution in [0.3, 0.4) is 0 Å². The Hall–Kier alpha value is -2.40. The molecule has 1 aliphatic rings. The number of nitrogens with zero attached hydrogens (tertiary/aromatic N) is 2. The maximum absolute atomic E-state index is 12.6. The standard InChI is InChI=1S/C21H23N3OS/c25-21(22-11-4-7-16-5-2-1-3-6-16)17-8-9-20-23-13-19(24(20)14-17)18-10-12-26-15-18/h1-3,5-6,10,12-13,15,17H,4,7-9,11,14H2,(H,22,25). The number of nitrogens with one attached hydrogen (secondary N) is 1. The zero-order valence-corrected chi connectivity index (χ0v) is 15.5. The number of carbonyl (C=O) groups excluding carboxylic acids is 1. The summed E-state index contributed by atoms with van der Waals surface area (Å²) >= 11 is 1.69. The summed E-state index contributed by atoms with van der Waals surface area (Å²) in [4.78, 5) is 17.1. The molecule has 0 fully saturated rings. The Balaban J connectivity index is 1.32. The van der Waals surface area contributed by atoms with Gasteiger partial charge in [-0.05, 0) is 36.3 Å². The fourth-order valence-corrected chi connectivity index (χ4v) is 4.23. The van der Waals surface area contributed by atoms with E-state index in [1.807, 2.05) is 12.3 Å². The predicted octanol–water partition coefficient (Wildman–Crippen LogP) is 3.92. The van der Waals surface area contributed by atoms with Crippen LogP contribution in [0.1, 0.15) is 24.2 Å². The number of benzene rings is 1. The summed E-state index contributed by atoms with van der Waals surface area (Å²) in [5, 5.41) is 7.34. The summed E-state index contributed by atoms with van der Waals surface area (Å²) in [6.07, 6.45) is 5.66. The molecule has 4 nitrogen and oxygen atoms in total. The SMILES string of the molecule is O=C(NCCCc1ccccc1)C1CCc2ncc(-c3ccsc3)n2C1. The minimum atomic E-state index is 0.0332. The van der Waals surface area contributed by atoms with Gasteiger partial charge in [0.25, 0.3) is 0 Å². The number of thiophene rings is 1. The number of hydrogen-bond donors (Lipinski definition) is 1. The first-order valence-corrected chi connectivity index (χ1v) is 10.1.